The van der Waals surface area contributed by atoms with E-state index >= 15 is 0 Å². The molecule has 0 amide bonds. The van der Waals surface area contributed by atoms with Crippen LogP contribution in [0.4, 0.5) is 0 Å². The molecular weight excluding hydrogens is 240 g/mol. The van der Waals surface area contributed by atoms with E-state index in [0.717, 1.165) is 17.1 Å². The molecule has 0 spiro atoms. The lowest BCUT2D eigenvalue weighted by Gasteiger charge is -2.01. The van der Waals surface area contributed by atoms with Crippen LogP contribution < -0.4 is 9.47 Å². The second-order valence-electron chi connectivity index (χ2n) is 5.17. The summed E-state index contributed by atoms with van der Waals surface area (Å²) in [6.07, 6.45) is 0.691. The second kappa shape index (κ2) is 5.21. The van der Waals surface area contributed by atoms with Gasteiger partial charge >= 0.3 is 0 Å². The lowest BCUT2D eigenvalue weighted by Crippen LogP contribution is -2.16. The van der Waals surface area contributed by atoms with Gasteiger partial charge < -0.3 is 9.47 Å². The monoisotopic (exact) mass is 256 g/mol. The van der Waals surface area contributed by atoms with Gasteiger partial charge in [0, 0.05) is 6.42 Å². The van der Waals surface area contributed by atoms with Gasteiger partial charge in [-0.05, 0) is 29.5 Å². The summed E-state index contributed by atoms with van der Waals surface area (Å²) in [6.45, 7) is 6.94. The van der Waals surface area contributed by atoms with E-state index in [1.165, 1.54) is 0 Å². The van der Waals surface area contributed by atoms with E-state index in [0.29, 0.717) is 13.2 Å². The molecule has 0 N–H and O–H groups in total. The smallest absolute Gasteiger partial charge is 0.231 e. The van der Waals surface area contributed by atoms with Crippen molar-refractivity contribution in [2.75, 3.05) is 6.79 Å². The van der Waals surface area contributed by atoms with Gasteiger partial charge in [-0.3, -0.25) is 0 Å². The molecule has 1 aliphatic heterocycles. The topological polar surface area (TPSA) is 18.5 Å². The molecule has 0 fully saturated rings. The first-order valence-corrected chi connectivity index (χ1v) is 9.43. The lowest BCUT2D eigenvalue weighted by molar-refractivity contribution is 0.174. The van der Waals surface area contributed by atoms with E-state index in [-0.39, 0.29) is 0 Å². The molecule has 0 saturated heterocycles. The third-order valence-electron chi connectivity index (χ3n) is 2.32. The fourth-order valence-electron chi connectivity index (χ4n) is 1.46. The number of benzene rings is 1. The zero-order valence-electron chi connectivity index (χ0n) is 11.0. The van der Waals surface area contributed by atoms with Gasteiger partial charge in [0.15, 0.2) is 11.5 Å². The molecule has 1 heterocycles. The van der Waals surface area contributed by atoms with Crippen LogP contribution in [0.25, 0.3) is 0 Å². The van der Waals surface area contributed by atoms with Gasteiger partial charge in [-0.2, -0.15) is 0 Å². The zero-order chi connectivity index (χ0) is 13.0. The Morgan fingerprint density at radius 1 is 1.11 bits per heavy atom. The summed E-state index contributed by atoms with van der Waals surface area (Å²) in [5.74, 6) is 10.5. The van der Waals surface area contributed by atoms with Crippen LogP contribution in [0.2, 0.25) is 19.6 Å². The molecule has 1 aromatic rings. The summed E-state index contributed by atoms with van der Waals surface area (Å²) in [5, 5.41) is 0. The van der Waals surface area contributed by atoms with E-state index in [4.69, 9.17) is 9.47 Å². The van der Waals surface area contributed by atoms with Crippen LogP contribution in [0.1, 0.15) is 5.56 Å². The average molecular weight is 256 g/mol. The van der Waals surface area contributed by atoms with Gasteiger partial charge in [0.2, 0.25) is 6.79 Å². The minimum atomic E-state index is -1.30. The zero-order valence-corrected chi connectivity index (χ0v) is 12.0. The first-order valence-electron chi connectivity index (χ1n) is 5.93. The largest absolute Gasteiger partial charge is 0.454 e. The standard InChI is InChI=1S/C15H16O2Si/c1-18(2,3)10-6-4-5-7-13-8-9-14-15(11-13)17-12-16-14/h8-9,11H,7,12H2,1-3H3. The Morgan fingerprint density at radius 2 is 1.89 bits per heavy atom. The van der Waals surface area contributed by atoms with Crippen molar-refractivity contribution in [3.8, 4) is 34.8 Å². The quantitative estimate of drug-likeness (QED) is 0.568. The molecule has 1 aliphatic rings. The van der Waals surface area contributed by atoms with Gasteiger partial charge in [0.25, 0.3) is 0 Å². The first-order chi connectivity index (χ1) is 8.54. The maximum absolute atomic E-state index is 5.32. The molecular formula is C15H16O2Si. The van der Waals surface area contributed by atoms with Crippen molar-refractivity contribution >= 4 is 8.07 Å². The highest BCUT2D eigenvalue weighted by atomic mass is 28.3. The van der Waals surface area contributed by atoms with E-state index < -0.39 is 8.07 Å². The van der Waals surface area contributed by atoms with Crippen molar-refractivity contribution < 1.29 is 9.47 Å². The molecule has 2 nitrogen and oxygen atoms in total. The summed E-state index contributed by atoms with van der Waals surface area (Å²) < 4.78 is 10.6. The molecule has 0 atom stereocenters. The molecule has 0 bridgehead atoms. The molecule has 0 saturated carbocycles. The summed E-state index contributed by atoms with van der Waals surface area (Å²) >= 11 is 0. The van der Waals surface area contributed by atoms with Gasteiger partial charge in [-0.25, -0.2) is 0 Å². The van der Waals surface area contributed by atoms with Crippen LogP contribution in [-0.4, -0.2) is 14.9 Å². The maximum atomic E-state index is 5.32. The average Bonchev–Trinajstić information content (AvgIpc) is 2.74. The molecule has 0 unspecified atom stereocenters. The van der Waals surface area contributed by atoms with Crippen molar-refractivity contribution in [2.45, 2.75) is 26.1 Å². The van der Waals surface area contributed by atoms with Crippen LogP contribution in [-0.2, 0) is 6.42 Å². The Balaban J connectivity index is 1.99. The maximum Gasteiger partial charge on any atom is 0.231 e. The van der Waals surface area contributed by atoms with Gasteiger partial charge in [0.05, 0.1) is 0 Å². The molecule has 92 valence electrons. The molecule has 0 aromatic heterocycles. The summed E-state index contributed by atoms with van der Waals surface area (Å²) in [4.78, 5) is 0. The van der Waals surface area contributed by atoms with E-state index in [1.54, 1.807) is 0 Å². The molecule has 0 aliphatic carbocycles. The van der Waals surface area contributed by atoms with Gasteiger partial charge in [-0.1, -0.05) is 31.6 Å². The number of fused-ring (bicyclic) bond motifs is 1. The normalized spacial score (nSPS) is 12.2. The van der Waals surface area contributed by atoms with Crippen molar-refractivity contribution in [3.05, 3.63) is 23.8 Å². The predicted octanol–water partition coefficient (Wildman–Crippen LogP) is 2.84. The fraction of sp³-hybridized carbons (Fsp3) is 0.333. The van der Waals surface area contributed by atoms with Crippen molar-refractivity contribution in [1.29, 1.82) is 0 Å². The third kappa shape index (κ3) is 3.58. The lowest BCUT2D eigenvalue weighted by atomic mass is 10.1. The van der Waals surface area contributed by atoms with Crippen LogP contribution in [0, 0.1) is 23.3 Å². The Kier molecular flexibility index (Phi) is 3.65. The molecule has 2 rings (SSSR count). The number of ether oxygens (including phenoxy) is 2. The van der Waals surface area contributed by atoms with Crippen LogP contribution >= 0.6 is 0 Å². The fourth-order valence-corrected chi connectivity index (χ4v) is 1.90. The third-order valence-corrected chi connectivity index (χ3v) is 3.19. The highest BCUT2D eigenvalue weighted by Crippen LogP contribution is 2.32. The number of rotatable bonds is 1. The molecule has 3 heteroatoms. The number of hydrogen-bond donors (Lipinski definition) is 0. The minimum absolute atomic E-state index is 0.312. The first kappa shape index (κ1) is 12.6. The highest BCUT2D eigenvalue weighted by molar-refractivity contribution is 6.83. The van der Waals surface area contributed by atoms with E-state index in [1.807, 2.05) is 18.2 Å². The number of hydrogen-bond acceptors (Lipinski definition) is 2. The Hall–Kier alpha value is -1.84. The molecule has 18 heavy (non-hydrogen) atoms. The highest BCUT2D eigenvalue weighted by Gasteiger charge is 2.12. The van der Waals surface area contributed by atoms with Crippen LogP contribution in [0.5, 0.6) is 11.5 Å². The second-order valence-corrected chi connectivity index (χ2v) is 9.92. The van der Waals surface area contributed by atoms with Crippen LogP contribution in [0.3, 0.4) is 0 Å². The predicted molar refractivity (Wildman–Crippen MR) is 75.2 cm³/mol. The summed E-state index contributed by atoms with van der Waals surface area (Å²) in [7, 11) is -1.30. The Labute approximate surface area is 109 Å². The minimum Gasteiger partial charge on any atom is -0.454 e. The van der Waals surface area contributed by atoms with E-state index in [2.05, 4.69) is 42.9 Å². The van der Waals surface area contributed by atoms with Crippen molar-refractivity contribution in [1.82, 2.24) is 0 Å². The SMILES string of the molecule is C[Si](C)(C)C#CC#CCc1ccc2c(c1)OCO2. The van der Waals surface area contributed by atoms with Gasteiger partial charge in [0.1, 0.15) is 8.07 Å². The molecule has 0 radical (unpaired) electrons. The van der Waals surface area contributed by atoms with Gasteiger partial charge in [-0.15, -0.1) is 5.54 Å². The molecule has 1 aromatic carbocycles. The van der Waals surface area contributed by atoms with Crippen molar-refractivity contribution in [3.63, 3.8) is 0 Å². The summed E-state index contributed by atoms with van der Waals surface area (Å²) in [6, 6.07) is 5.91. The van der Waals surface area contributed by atoms with E-state index in [9.17, 15) is 0 Å². The Bertz CT molecular complexity index is 562. The Morgan fingerprint density at radius 3 is 2.67 bits per heavy atom. The summed E-state index contributed by atoms with van der Waals surface area (Å²) in [5.41, 5.74) is 4.35. The van der Waals surface area contributed by atoms with Crippen molar-refractivity contribution in [2.24, 2.45) is 0 Å². The van der Waals surface area contributed by atoms with Crippen LogP contribution in [0.15, 0.2) is 18.2 Å².